The molecule has 0 spiro atoms. The Morgan fingerprint density at radius 3 is 2.48 bits per heavy atom. The van der Waals surface area contributed by atoms with Crippen LogP contribution in [0.15, 0.2) is 18.2 Å². The molecule has 0 bridgehead atoms. The van der Waals surface area contributed by atoms with Gasteiger partial charge in [0.25, 0.3) is 0 Å². The molecule has 5 heteroatoms. The zero-order valence-corrected chi connectivity index (χ0v) is 13.1. The van der Waals surface area contributed by atoms with Gasteiger partial charge in [0, 0.05) is 12.1 Å². The molecule has 0 amide bonds. The highest BCUT2D eigenvalue weighted by Gasteiger charge is 2.16. The van der Waals surface area contributed by atoms with E-state index in [1.165, 1.54) is 12.1 Å². The summed E-state index contributed by atoms with van der Waals surface area (Å²) in [5.41, 5.74) is 0.0411. The van der Waals surface area contributed by atoms with Crippen LogP contribution in [0.5, 0.6) is 0 Å². The molecule has 0 aromatic heterocycles. The van der Waals surface area contributed by atoms with Crippen molar-refractivity contribution in [1.82, 2.24) is 9.80 Å². The number of aliphatic hydroxyl groups excluding tert-OH is 1. The molecule has 3 nitrogen and oxygen atoms in total. The van der Waals surface area contributed by atoms with Gasteiger partial charge in [0.15, 0.2) is 11.6 Å². The molecule has 1 aromatic carbocycles. The molecular weight excluding hydrogens is 274 g/mol. The molecule has 21 heavy (non-hydrogen) atoms. The van der Waals surface area contributed by atoms with Crippen LogP contribution in [0.1, 0.15) is 31.4 Å². The SMILES string of the molecule is CCN(CCCN(C)C)CCC(O)c1cccc(F)c1F. The average molecular weight is 300 g/mol. The van der Waals surface area contributed by atoms with Crippen molar-refractivity contribution in [3.8, 4) is 0 Å². The molecule has 1 atom stereocenters. The minimum Gasteiger partial charge on any atom is -0.388 e. The third-order valence-electron chi connectivity index (χ3n) is 3.59. The molecule has 0 saturated carbocycles. The van der Waals surface area contributed by atoms with Crippen molar-refractivity contribution in [3.05, 3.63) is 35.4 Å². The van der Waals surface area contributed by atoms with Gasteiger partial charge in [0.1, 0.15) is 0 Å². The number of hydrogen-bond donors (Lipinski definition) is 1. The predicted molar refractivity (Wildman–Crippen MR) is 81.2 cm³/mol. The first-order chi connectivity index (χ1) is 9.95. The maximum Gasteiger partial charge on any atom is 0.164 e. The first-order valence-electron chi connectivity index (χ1n) is 7.44. The van der Waals surface area contributed by atoms with Crippen molar-refractivity contribution in [1.29, 1.82) is 0 Å². The van der Waals surface area contributed by atoms with E-state index in [-0.39, 0.29) is 5.56 Å². The number of aliphatic hydroxyl groups is 1. The lowest BCUT2D eigenvalue weighted by Crippen LogP contribution is -2.29. The summed E-state index contributed by atoms with van der Waals surface area (Å²) in [5.74, 6) is -1.86. The Morgan fingerprint density at radius 2 is 1.86 bits per heavy atom. The number of benzene rings is 1. The average Bonchev–Trinajstić information content (AvgIpc) is 2.44. The summed E-state index contributed by atoms with van der Waals surface area (Å²) in [5, 5.41) is 10.0. The topological polar surface area (TPSA) is 26.7 Å². The van der Waals surface area contributed by atoms with Gasteiger partial charge < -0.3 is 14.9 Å². The molecule has 0 saturated heterocycles. The lowest BCUT2D eigenvalue weighted by Gasteiger charge is -2.23. The van der Waals surface area contributed by atoms with Crippen LogP contribution >= 0.6 is 0 Å². The molecule has 0 aliphatic heterocycles. The smallest absolute Gasteiger partial charge is 0.164 e. The van der Waals surface area contributed by atoms with Crippen LogP contribution in [-0.2, 0) is 0 Å². The summed E-state index contributed by atoms with van der Waals surface area (Å²) in [7, 11) is 4.07. The van der Waals surface area contributed by atoms with Gasteiger partial charge in [-0.05, 0) is 52.6 Å². The molecule has 0 heterocycles. The van der Waals surface area contributed by atoms with Crippen molar-refractivity contribution in [3.63, 3.8) is 0 Å². The normalized spacial score (nSPS) is 13.1. The third kappa shape index (κ3) is 6.08. The first-order valence-corrected chi connectivity index (χ1v) is 7.44. The van der Waals surface area contributed by atoms with Crippen molar-refractivity contribution >= 4 is 0 Å². The fourth-order valence-electron chi connectivity index (χ4n) is 2.28. The molecule has 0 radical (unpaired) electrons. The van der Waals surface area contributed by atoms with Gasteiger partial charge in [-0.15, -0.1) is 0 Å². The van der Waals surface area contributed by atoms with Gasteiger partial charge in [-0.3, -0.25) is 0 Å². The van der Waals surface area contributed by atoms with E-state index >= 15 is 0 Å². The van der Waals surface area contributed by atoms with Gasteiger partial charge in [0.05, 0.1) is 6.10 Å². The van der Waals surface area contributed by atoms with Gasteiger partial charge in [-0.25, -0.2) is 8.78 Å². The molecule has 0 fully saturated rings. The maximum absolute atomic E-state index is 13.6. The minimum atomic E-state index is -0.969. The number of rotatable bonds is 9. The Bertz CT molecular complexity index is 427. The Balaban J connectivity index is 2.46. The quantitative estimate of drug-likeness (QED) is 0.759. The van der Waals surface area contributed by atoms with E-state index in [0.717, 1.165) is 32.1 Å². The fourth-order valence-corrected chi connectivity index (χ4v) is 2.28. The molecule has 0 aliphatic rings. The second-order valence-electron chi connectivity index (χ2n) is 5.54. The second-order valence-corrected chi connectivity index (χ2v) is 5.54. The standard InChI is InChI=1S/C16H26F2N2O/c1-4-20(11-6-10-19(2)3)12-9-15(21)13-7-5-8-14(17)16(13)18/h5,7-8,15,21H,4,6,9-12H2,1-3H3. The van der Waals surface area contributed by atoms with Crippen LogP contribution in [0, 0.1) is 11.6 Å². The lowest BCUT2D eigenvalue weighted by molar-refractivity contribution is 0.137. The molecule has 1 rings (SSSR count). The summed E-state index contributed by atoms with van der Waals surface area (Å²) in [4.78, 5) is 4.34. The van der Waals surface area contributed by atoms with Crippen molar-refractivity contribution in [2.45, 2.75) is 25.9 Å². The minimum absolute atomic E-state index is 0.0411. The van der Waals surface area contributed by atoms with Crippen LogP contribution in [0.4, 0.5) is 8.78 Å². The van der Waals surface area contributed by atoms with E-state index in [2.05, 4.69) is 16.7 Å². The second kappa shape index (κ2) is 9.07. The van der Waals surface area contributed by atoms with Crippen LogP contribution in [-0.4, -0.2) is 55.2 Å². The Morgan fingerprint density at radius 1 is 1.14 bits per heavy atom. The molecule has 1 N–H and O–H groups in total. The van der Waals surface area contributed by atoms with Crippen LogP contribution in [0.2, 0.25) is 0 Å². The van der Waals surface area contributed by atoms with E-state index in [4.69, 9.17) is 0 Å². The van der Waals surface area contributed by atoms with Crippen molar-refractivity contribution < 1.29 is 13.9 Å². The molecule has 120 valence electrons. The number of nitrogens with zero attached hydrogens (tertiary/aromatic N) is 2. The van der Waals surface area contributed by atoms with E-state index in [0.29, 0.717) is 13.0 Å². The zero-order valence-electron chi connectivity index (χ0n) is 13.1. The lowest BCUT2D eigenvalue weighted by atomic mass is 10.1. The van der Waals surface area contributed by atoms with Gasteiger partial charge in [-0.1, -0.05) is 19.1 Å². The predicted octanol–water partition coefficient (Wildman–Crippen LogP) is 2.66. The van der Waals surface area contributed by atoms with E-state index < -0.39 is 17.7 Å². The van der Waals surface area contributed by atoms with Crippen molar-refractivity contribution in [2.24, 2.45) is 0 Å². The molecular formula is C16H26F2N2O. The Labute approximate surface area is 126 Å². The summed E-state index contributed by atoms with van der Waals surface area (Å²) >= 11 is 0. The van der Waals surface area contributed by atoms with E-state index in [1.54, 1.807) is 0 Å². The molecule has 1 unspecified atom stereocenters. The summed E-state index contributed by atoms with van der Waals surface area (Å²) < 4.78 is 26.7. The first kappa shape index (κ1) is 18.0. The molecule has 0 aliphatic carbocycles. The van der Waals surface area contributed by atoms with Crippen molar-refractivity contribution in [2.75, 3.05) is 40.3 Å². The Kier molecular flexibility index (Phi) is 7.78. The maximum atomic E-state index is 13.6. The van der Waals surface area contributed by atoms with Gasteiger partial charge in [-0.2, -0.15) is 0 Å². The highest BCUT2D eigenvalue weighted by atomic mass is 19.2. The summed E-state index contributed by atoms with van der Waals surface area (Å²) in [6.07, 6.45) is 0.477. The third-order valence-corrected chi connectivity index (χ3v) is 3.59. The van der Waals surface area contributed by atoms with Crippen LogP contribution in [0.25, 0.3) is 0 Å². The molecule has 1 aromatic rings. The van der Waals surface area contributed by atoms with Gasteiger partial charge >= 0.3 is 0 Å². The number of hydrogen-bond acceptors (Lipinski definition) is 3. The van der Waals surface area contributed by atoms with E-state index in [1.807, 2.05) is 14.1 Å². The van der Waals surface area contributed by atoms with Crippen LogP contribution < -0.4 is 0 Å². The zero-order chi connectivity index (χ0) is 15.8. The highest BCUT2D eigenvalue weighted by Crippen LogP contribution is 2.22. The van der Waals surface area contributed by atoms with Crippen LogP contribution in [0.3, 0.4) is 0 Å². The highest BCUT2D eigenvalue weighted by molar-refractivity contribution is 5.21. The van der Waals surface area contributed by atoms with E-state index in [9.17, 15) is 13.9 Å². The Hall–Kier alpha value is -1.04. The summed E-state index contributed by atoms with van der Waals surface area (Å²) in [6, 6.07) is 3.92. The summed E-state index contributed by atoms with van der Waals surface area (Å²) in [6.45, 7) is 5.56. The number of halogens is 2. The van der Waals surface area contributed by atoms with Gasteiger partial charge in [0.2, 0.25) is 0 Å². The monoisotopic (exact) mass is 300 g/mol. The fraction of sp³-hybridized carbons (Fsp3) is 0.625. The largest absolute Gasteiger partial charge is 0.388 e.